The van der Waals surface area contributed by atoms with Crippen molar-refractivity contribution >= 4 is 29.2 Å². The van der Waals surface area contributed by atoms with Crippen LogP contribution in [0.1, 0.15) is 37.5 Å². The van der Waals surface area contributed by atoms with Crippen LogP contribution in [0.3, 0.4) is 0 Å². The Balaban J connectivity index is 1.57. The maximum absolute atomic E-state index is 2.28. The second kappa shape index (κ2) is 9.06. The number of hydrogen-bond acceptors (Lipinski definition) is 1. The highest BCUT2D eigenvalue weighted by Gasteiger charge is 2.13. The Bertz CT molecular complexity index is 1080. The fraction of sp³-hybridized carbons (Fsp3) is 0.133. The SMILES string of the molecule is CC(C)(C)c1ccc(C=Cc2ccc(N(c3ccccc3)c3ccccc3)cc2)cc1. The molecule has 4 rings (SSSR count). The Morgan fingerprint density at radius 1 is 0.484 bits per heavy atom. The van der Waals surface area contributed by atoms with E-state index >= 15 is 0 Å². The Hall–Kier alpha value is -3.58. The molecule has 1 nitrogen and oxygen atoms in total. The molecule has 0 saturated carbocycles. The standard InChI is InChI=1S/C30H29N/c1-30(2,3)26-20-16-24(17-21-26)14-15-25-18-22-29(23-19-25)31(27-10-6-4-7-11-27)28-12-8-5-9-13-28/h4-23H,1-3H3. The van der Waals surface area contributed by atoms with Gasteiger partial charge in [-0.05, 0) is 58.5 Å². The first-order valence-electron chi connectivity index (χ1n) is 10.8. The van der Waals surface area contributed by atoms with Crippen molar-refractivity contribution in [3.63, 3.8) is 0 Å². The van der Waals surface area contributed by atoms with Crippen LogP contribution in [0.4, 0.5) is 17.1 Å². The van der Waals surface area contributed by atoms with E-state index in [9.17, 15) is 0 Å². The zero-order chi connectivity index (χ0) is 21.7. The summed E-state index contributed by atoms with van der Waals surface area (Å²) < 4.78 is 0. The van der Waals surface area contributed by atoms with Crippen molar-refractivity contribution in [3.8, 4) is 0 Å². The summed E-state index contributed by atoms with van der Waals surface area (Å²) in [4.78, 5) is 2.28. The number of nitrogens with zero attached hydrogens (tertiary/aromatic N) is 1. The molecule has 1 heteroatoms. The van der Waals surface area contributed by atoms with E-state index in [0.717, 1.165) is 17.1 Å². The van der Waals surface area contributed by atoms with Gasteiger partial charge in [0.25, 0.3) is 0 Å². The molecule has 0 aliphatic heterocycles. The quantitative estimate of drug-likeness (QED) is 0.301. The monoisotopic (exact) mass is 403 g/mol. The van der Waals surface area contributed by atoms with Crippen molar-refractivity contribution in [2.24, 2.45) is 0 Å². The molecular formula is C30H29N. The third kappa shape index (κ3) is 5.13. The Morgan fingerprint density at radius 2 is 0.871 bits per heavy atom. The van der Waals surface area contributed by atoms with Crippen molar-refractivity contribution in [1.82, 2.24) is 0 Å². The molecule has 0 fully saturated rings. The molecule has 0 atom stereocenters. The van der Waals surface area contributed by atoms with Gasteiger partial charge in [-0.2, -0.15) is 0 Å². The minimum Gasteiger partial charge on any atom is -0.311 e. The molecule has 0 amide bonds. The second-order valence-electron chi connectivity index (χ2n) is 8.80. The summed E-state index contributed by atoms with van der Waals surface area (Å²) >= 11 is 0. The number of rotatable bonds is 5. The zero-order valence-corrected chi connectivity index (χ0v) is 18.5. The minimum atomic E-state index is 0.182. The van der Waals surface area contributed by atoms with E-state index in [4.69, 9.17) is 0 Å². The average molecular weight is 404 g/mol. The molecule has 0 bridgehead atoms. The first-order chi connectivity index (χ1) is 15.0. The average Bonchev–Trinajstić information content (AvgIpc) is 2.80. The summed E-state index contributed by atoms with van der Waals surface area (Å²) in [6.45, 7) is 6.73. The van der Waals surface area contributed by atoms with Crippen LogP contribution in [-0.2, 0) is 5.41 Å². The summed E-state index contributed by atoms with van der Waals surface area (Å²) in [6, 6.07) is 38.5. The van der Waals surface area contributed by atoms with Crippen LogP contribution in [0.15, 0.2) is 109 Å². The van der Waals surface area contributed by atoms with Crippen molar-refractivity contribution in [2.75, 3.05) is 4.90 Å². The fourth-order valence-electron chi connectivity index (χ4n) is 3.62. The zero-order valence-electron chi connectivity index (χ0n) is 18.5. The highest BCUT2D eigenvalue weighted by Crippen LogP contribution is 2.34. The maximum Gasteiger partial charge on any atom is 0.0462 e. The largest absolute Gasteiger partial charge is 0.311 e. The van der Waals surface area contributed by atoms with Gasteiger partial charge in [0.15, 0.2) is 0 Å². The molecule has 0 aliphatic carbocycles. The smallest absolute Gasteiger partial charge is 0.0462 e. The van der Waals surface area contributed by atoms with Crippen LogP contribution in [0.5, 0.6) is 0 Å². The molecule has 0 unspecified atom stereocenters. The van der Waals surface area contributed by atoms with Gasteiger partial charge in [0, 0.05) is 17.1 Å². The van der Waals surface area contributed by atoms with Crippen LogP contribution in [0.25, 0.3) is 12.2 Å². The third-order valence-corrected chi connectivity index (χ3v) is 5.43. The van der Waals surface area contributed by atoms with Gasteiger partial charge in [0.1, 0.15) is 0 Å². The number of hydrogen-bond donors (Lipinski definition) is 0. The van der Waals surface area contributed by atoms with E-state index in [1.165, 1.54) is 16.7 Å². The van der Waals surface area contributed by atoms with Crippen LogP contribution in [0.2, 0.25) is 0 Å². The van der Waals surface area contributed by atoms with E-state index < -0.39 is 0 Å². The number of benzene rings is 4. The highest BCUT2D eigenvalue weighted by molar-refractivity contribution is 5.78. The lowest BCUT2D eigenvalue weighted by Crippen LogP contribution is -2.10. The van der Waals surface area contributed by atoms with Gasteiger partial charge < -0.3 is 4.90 Å². The highest BCUT2D eigenvalue weighted by atomic mass is 15.1. The van der Waals surface area contributed by atoms with Gasteiger partial charge >= 0.3 is 0 Å². The van der Waals surface area contributed by atoms with Gasteiger partial charge in [-0.1, -0.05) is 106 Å². The van der Waals surface area contributed by atoms with Gasteiger partial charge in [0.05, 0.1) is 0 Å². The van der Waals surface area contributed by atoms with Crippen molar-refractivity contribution in [3.05, 3.63) is 126 Å². The molecule has 154 valence electrons. The van der Waals surface area contributed by atoms with Crippen LogP contribution >= 0.6 is 0 Å². The Morgan fingerprint density at radius 3 is 1.29 bits per heavy atom. The summed E-state index contributed by atoms with van der Waals surface area (Å²) in [5.41, 5.74) is 7.38. The number of anilines is 3. The molecule has 31 heavy (non-hydrogen) atoms. The fourth-order valence-corrected chi connectivity index (χ4v) is 3.62. The topological polar surface area (TPSA) is 3.24 Å². The van der Waals surface area contributed by atoms with Crippen molar-refractivity contribution in [1.29, 1.82) is 0 Å². The molecular weight excluding hydrogens is 374 g/mol. The molecule has 0 aliphatic rings. The van der Waals surface area contributed by atoms with Gasteiger partial charge in [0.2, 0.25) is 0 Å². The van der Waals surface area contributed by atoms with Crippen LogP contribution < -0.4 is 4.90 Å². The van der Waals surface area contributed by atoms with Crippen molar-refractivity contribution in [2.45, 2.75) is 26.2 Å². The van der Waals surface area contributed by atoms with E-state index in [1.807, 2.05) is 0 Å². The first-order valence-corrected chi connectivity index (χ1v) is 10.8. The lowest BCUT2D eigenvalue weighted by atomic mass is 9.87. The van der Waals surface area contributed by atoms with Gasteiger partial charge in [-0.15, -0.1) is 0 Å². The summed E-state index contributed by atoms with van der Waals surface area (Å²) in [6.07, 6.45) is 4.35. The minimum absolute atomic E-state index is 0.182. The van der Waals surface area contributed by atoms with Crippen LogP contribution in [-0.4, -0.2) is 0 Å². The Kier molecular flexibility index (Phi) is 6.04. The Labute approximate surface area is 186 Å². The number of para-hydroxylation sites is 2. The van der Waals surface area contributed by atoms with Crippen molar-refractivity contribution < 1.29 is 0 Å². The lowest BCUT2D eigenvalue weighted by Gasteiger charge is -2.25. The first kappa shape index (κ1) is 20.7. The van der Waals surface area contributed by atoms with E-state index in [1.54, 1.807) is 0 Å². The predicted octanol–water partition coefficient (Wildman–Crippen LogP) is 8.62. The molecule has 4 aromatic carbocycles. The van der Waals surface area contributed by atoms with Crippen LogP contribution in [0, 0.1) is 0 Å². The lowest BCUT2D eigenvalue weighted by molar-refractivity contribution is 0.590. The maximum atomic E-state index is 2.28. The van der Waals surface area contributed by atoms with E-state index in [-0.39, 0.29) is 5.41 Å². The summed E-state index contributed by atoms with van der Waals surface area (Å²) in [7, 11) is 0. The second-order valence-corrected chi connectivity index (χ2v) is 8.80. The van der Waals surface area contributed by atoms with Gasteiger partial charge in [-0.25, -0.2) is 0 Å². The molecule has 0 spiro atoms. The van der Waals surface area contributed by atoms with E-state index in [2.05, 4.69) is 147 Å². The molecule has 0 saturated heterocycles. The third-order valence-electron chi connectivity index (χ3n) is 5.43. The van der Waals surface area contributed by atoms with E-state index in [0.29, 0.717) is 0 Å². The summed E-state index contributed by atoms with van der Waals surface area (Å²) in [5.74, 6) is 0. The molecule has 0 heterocycles. The molecule has 4 aromatic rings. The van der Waals surface area contributed by atoms with Gasteiger partial charge in [-0.3, -0.25) is 0 Å². The summed E-state index contributed by atoms with van der Waals surface area (Å²) in [5, 5.41) is 0. The normalized spacial score (nSPS) is 11.6. The molecule has 0 radical (unpaired) electrons. The molecule has 0 N–H and O–H groups in total. The molecule has 0 aromatic heterocycles. The predicted molar refractivity (Wildman–Crippen MR) is 135 cm³/mol.